The van der Waals surface area contributed by atoms with Crippen LogP contribution in [0.3, 0.4) is 0 Å². The number of hydrogen-bond acceptors (Lipinski definition) is 1. The van der Waals surface area contributed by atoms with E-state index in [1.165, 1.54) is 0 Å². The van der Waals surface area contributed by atoms with Gasteiger partial charge >= 0.3 is 0 Å². The van der Waals surface area contributed by atoms with Crippen molar-refractivity contribution in [2.75, 3.05) is 6.54 Å². The van der Waals surface area contributed by atoms with Crippen molar-refractivity contribution in [3.05, 3.63) is 18.4 Å². The number of carbonyl (C=O) groups is 1. The molecule has 0 heterocycles. The molecule has 68 valence electrons. The van der Waals surface area contributed by atoms with Crippen LogP contribution in [0.4, 0.5) is 0 Å². The molecule has 12 heavy (non-hydrogen) atoms. The lowest BCUT2D eigenvalue weighted by Gasteiger charge is -2.01. The summed E-state index contributed by atoms with van der Waals surface area (Å²) in [5, 5.41) is 2.84. The minimum absolute atomic E-state index is 0.153. The van der Waals surface area contributed by atoms with Crippen molar-refractivity contribution in [1.82, 2.24) is 5.32 Å². The van der Waals surface area contributed by atoms with Crippen molar-refractivity contribution in [2.24, 2.45) is 0 Å². The van der Waals surface area contributed by atoms with E-state index in [9.17, 15) is 4.79 Å². The number of nitrogens with one attached hydrogen (secondary N) is 1. The van der Waals surface area contributed by atoms with E-state index >= 15 is 0 Å². The van der Waals surface area contributed by atoms with Gasteiger partial charge in [0.1, 0.15) is 0 Å². The van der Waals surface area contributed by atoms with E-state index in [4.69, 9.17) is 0 Å². The van der Waals surface area contributed by atoms with Gasteiger partial charge < -0.3 is 5.32 Å². The lowest BCUT2D eigenvalue weighted by Crippen LogP contribution is -2.23. The first-order chi connectivity index (χ1) is 5.81. The topological polar surface area (TPSA) is 29.1 Å². The minimum atomic E-state index is 0.153. The maximum atomic E-state index is 10.9. The quantitative estimate of drug-likeness (QED) is 0.476. The van der Waals surface area contributed by atoms with Crippen LogP contribution in [-0.2, 0) is 4.79 Å². The molecule has 0 saturated heterocycles. The molecule has 1 N–H and O–H groups in total. The highest BCUT2D eigenvalue weighted by molar-refractivity contribution is 5.75. The second-order valence-electron chi connectivity index (χ2n) is 2.65. The molecule has 0 aliphatic heterocycles. The molecule has 0 saturated carbocycles. The minimum Gasteiger partial charge on any atom is -0.356 e. The average Bonchev–Trinajstić information content (AvgIpc) is 2.05. The van der Waals surface area contributed by atoms with E-state index in [2.05, 4.69) is 17.6 Å². The fourth-order valence-electron chi connectivity index (χ4n) is 0.849. The summed E-state index contributed by atoms with van der Waals surface area (Å²) >= 11 is 0. The molecule has 0 aromatic heterocycles. The van der Waals surface area contributed by atoms with Gasteiger partial charge in [-0.15, -0.1) is 5.73 Å². The molecule has 0 aliphatic carbocycles. The second kappa shape index (κ2) is 8.09. The summed E-state index contributed by atoms with van der Waals surface area (Å²) in [6, 6.07) is 0. The summed E-state index contributed by atoms with van der Waals surface area (Å²) in [5.74, 6) is 0.153. The van der Waals surface area contributed by atoms with Crippen LogP contribution in [0.5, 0.6) is 0 Å². The maximum Gasteiger partial charge on any atom is 0.219 e. The highest BCUT2D eigenvalue weighted by Crippen LogP contribution is 1.89. The number of amides is 1. The number of rotatable bonds is 6. The van der Waals surface area contributed by atoms with Crippen LogP contribution in [0.2, 0.25) is 0 Å². The first-order valence-electron chi connectivity index (χ1n) is 4.42. The zero-order valence-electron chi connectivity index (χ0n) is 7.73. The Balaban J connectivity index is 3.19. The standard InChI is InChI=1S/C10H17NO/c1-3-5-6-7-9-11-10(12)8-4-2/h5H,1,4,6-9H2,2H3,(H,11,12). The zero-order valence-corrected chi connectivity index (χ0v) is 7.73. The van der Waals surface area contributed by atoms with Crippen molar-refractivity contribution in [2.45, 2.75) is 32.6 Å². The number of allylic oxidation sites excluding steroid dienone is 1. The van der Waals surface area contributed by atoms with E-state index in [0.717, 1.165) is 25.8 Å². The predicted molar refractivity (Wildman–Crippen MR) is 50.9 cm³/mol. The van der Waals surface area contributed by atoms with Gasteiger partial charge in [0, 0.05) is 13.0 Å². The predicted octanol–water partition coefficient (Wildman–Crippen LogP) is 2.02. The van der Waals surface area contributed by atoms with Gasteiger partial charge in [0.2, 0.25) is 5.91 Å². The van der Waals surface area contributed by atoms with E-state index in [1.54, 1.807) is 0 Å². The Morgan fingerprint density at radius 2 is 2.42 bits per heavy atom. The van der Waals surface area contributed by atoms with E-state index in [-0.39, 0.29) is 5.91 Å². The van der Waals surface area contributed by atoms with Gasteiger partial charge in [0.05, 0.1) is 0 Å². The second-order valence-corrected chi connectivity index (χ2v) is 2.65. The van der Waals surface area contributed by atoms with Gasteiger partial charge in [0.25, 0.3) is 0 Å². The molecular formula is C10H17NO. The summed E-state index contributed by atoms with van der Waals surface area (Å²) in [4.78, 5) is 10.9. The lowest BCUT2D eigenvalue weighted by molar-refractivity contribution is -0.121. The molecule has 0 bridgehead atoms. The molecule has 0 aromatic rings. The van der Waals surface area contributed by atoms with Crippen molar-refractivity contribution in [3.8, 4) is 0 Å². The molecule has 0 aliphatic rings. The summed E-state index contributed by atoms with van der Waals surface area (Å²) in [6.45, 7) is 6.22. The van der Waals surface area contributed by atoms with Crippen molar-refractivity contribution < 1.29 is 4.79 Å². The lowest BCUT2D eigenvalue weighted by atomic mass is 10.3. The molecule has 0 aromatic carbocycles. The Morgan fingerprint density at radius 1 is 1.67 bits per heavy atom. The molecule has 1 amide bonds. The highest BCUT2D eigenvalue weighted by Gasteiger charge is 1.95. The van der Waals surface area contributed by atoms with Crippen LogP contribution in [0, 0.1) is 0 Å². The average molecular weight is 167 g/mol. The number of unbranched alkanes of at least 4 members (excludes halogenated alkanes) is 1. The molecule has 0 atom stereocenters. The summed E-state index contributed by atoms with van der Waals surface area (Å²) in [7, 11) is 0. The summed E-state index contributed by atoms with van der Waals surface area (Å²) < 4.78 is 0. The monoisotopic (exact) mass is 167 g/mol. The van der Waals surface area contributed by atoms with Crippen LogP contribution in [-0.4, -0.2) is 12.5 Å². The molecule has 0 fully saturated rings. The van der Waals surface area contributed by atoms with E-state index < -0.39 is 0 Å². The largest absolute Gasteiger partial charge is 0.356 e. The van der Waals surface area contributed by atoms with Crippen LogP contribution < -0.4 is 5.32 Å². The highest BCUT2D eigenvalue weighted by atomic mass is 16.1. The van der Waals surface area contributed by atoms with Gasteiger partial charge in [-0.1, -0.05) is 13.5 Å². The SMILES string of the molecule is C=C=CCCCNC(=O)CCC. The van der Waals surface area contributed by atoms with Crippen LogP contribution in [0.1, 0.15) is 32.6 Å². The molecule has 0 radical (unpaired) electrons. The molecule has 2 heteroatoms. The first kappa shape index (κ1) is 11.0. The Bertz CT molecular complexity index is 169. The smallest absolute Gasteiger partial charge is 0.219 e. The molecule has 0 unspecified atom stereocenters. The third-order valence-electron chi connectivity index (χ3n) is 1.47. The Kier molecular flexibility index (Phi) is 7.41. The van der Waals surface area contributed by atoms with E-state index in [1.807, 2.05) is 13.0 Å². The van der Waals surface area contributed by atoms with Gasteiger partial charge in [-0.2, -0.15) is 0 Å². The van der Waals surface area contributed by atoms with Crippen LogP contribution >= 0.6 is 0 Å². The van der Waals surface area contributed by atoms with Gasteiger partial charge in [-0.3, -0.25) is 4.79 Å². The van der Waals surface area contributed by atoms with E-state index in [0.29, 0.717) is 6.42 Å². The van der Waals surface area contributed by atoms with Crippen molar-refractivity contribution in [1.29, 1.82) is 0 Å². The molecule has 0 rings (SSSR count). The summed E-state index contributed by atoms with van der Waals surface area (Å²) in [6.07, 6.45) is 5.34. The van der Waals surface area contributed by atoms with Gasteiger partial charge in [-0.25, -0.2) is 0 Å². The Morgan fingerprint density at radius 3 is 3.00 bits per heavy atom. The molecule has 2 nitrogen and oxygen atoms in total. The van der Waals surface area contributed by atoms with Crippen LogP contribution in [0.25, 0.3) is 0 Å². The summed E-state index contributed by atoms with van der Waals surface area (Å²) in [5.41, 5.74) is 2.69. The normalized spacial score (nSPS) is 8.75. The third-order valence-corrected chi connectivity index (χ3v) is 1.47. The molecular weight excluding hydrogens is 150 g/mol. The Labute approximate surface area is 74.4 Å². The first-order valence-corrected chi connectivity index (χ1v) is 4.42. The van der Waals surface area contributed by atoms with Gasteiger partial charge in [0.15, 0.2) is 0 Å². The number of carbonyl (C=O) groups excluding carboxylic acids is 1. The zero-order chi connectivity index (χ0) is 9.23. The van der Waals surface area contributed by atoms with Crippen LogP contribution in [0.15, 0.2) is 18.4 Å². The third kappa shape index (κ3) is 7.10. The maximum absolute atomic E-state index is 10.9. The van der Waals surface area contributed by atoms with Gasteiger partial charge in [-0.05, 0) is 25.3 Å². The number of hydrogen-bond donors (Lipinski definition) is 1. The van der Waals surface area contributed by atoms with Crippen molar-refractivity contribution >= 4 is 5.91 Å². The fourth-order valence-corrected chi connectivity index (χ4v) is 0.849. The molecule has 0 spiro atoms. The van der Waals surface area contributed by atoms with Crippen molar-refractivity contribution in [3.63, 3.8) is 0 Å². The fraction of sp³-hybridized carbons (Fsp3) is 0.600. The Hall–Kier alpha value is -1.01.